The molecule has 0 saturated carbocycles. The highest BCUT2D eigenvalue weighted by Gasteiger charge is 2.30. The molecule has 0 aromatic heterocycles. The van der Waals surface area contributed by atoms with Crippen molar-refractivity contribution in [3.63, 3.8) is 0 Å². The van der Waals surface area contributed by atoms with Crippen LogP contribution in [-0.2, 0) is 15.8 Å². The van der Waals surface area contributed by atoms with Crippen molar-refractivity contribution in [1.29, 1.82) is 5.26 Å². The Bertz CT molecular complexity index is 1370. The van der Waals surface area contributed by atoms with Crippen molar-refractivity contribution in [3.05, 3.63) is 93.5 Å². The smallest absolute Gasteiger partial charge is 0.416 e. The molecule has 184 valence electrons. The topological polar surface area (TPSA) is 91.2 Å². The number of ether oxygens (including phenoxy) is 1. The molecule has 0 heterocycles. The number of amides is 2. The normalized spacial score (nSPS) is 11.4. The number of nitrogens with one attached hydrogen (secondary N) is 2. The van der Waals surface area contributed by atoms with Gasteiger partial charge in [-0.2, -0.15) is 18.4 Å². The third-order valence-electron chi connectivity index (χ3n) is 4.59. The van der Waals surface area contributed by atoms with Gasteiger partial charge in [0.25, 0.3) is 11.8 Å². The second-order valence-electron chi connectivity index (χ2n) is 7.21. The van der Waals surface area contributed by atoms with Gasteiger partial charge in [0.05, 0.1) is 21.3 Å². The largest absolute Gasteiger partial charge is 0.482 e. The van der Waals surface area contributed by atoms with E-state index in [0.29, 0.717) is 16.3 Å². The molecule has 0 aliphatic heterocycles. The van der Waals surface area contributed by atoms with Crippen LogP contribution in [0.25, 0.3) is 6.08 Å². The predicted molar refractivity (Wildman–Crippen MR) is 131 cm³/mol. The van der Waals surface area contributed by atoms with Crippen LogP contribution in [0.2, 0.25) is 10.0 Å². The fourth-order valence-electron chi connectivity index (χ4n) is 2.90. The molecule has 3 aromatic carbocycles. The van der Waals surface area contributed by atoms with E-state index in [2.05, 4.69) is 10.6 Å². The number of para-hydroxylation sites is 1. The molecule has 2 amide bonds. The minimum atomic E-state index is -4.58. The van der Waals surface area contributed by atoms with Crippen LogP contribution in [0.1, 0.15) is 11.1 Å². The van der Waals surface area contributed by atoms with Crippen LogP contribution in [0.5, 0.6) is 5.75 Å². The quantitative estimate of drug-likeness (QED) is 0.265. The van der Waals surface area contributed by atoms with Crippen LogP contribution < -0.4 is 15.4 Å². The lowest BCUT2D eigenvalue weighted by atomic mass is 10.1. The molecule has 0 spiro atoms. The second kappa shape index (κ2) is 11.6. The first-order valence-electron chi connectivity index (χ1n) is 10.1. The summed E-state index contributed by atoms with van der Waals surface area (Å²) in [6, 6.07) is 16.8. The van der Waals surface area contributed by atoms with Crippen LogP contribution in [-0.4, -0.2) is 18.4 Å². The summed E-state index contributed by atoms with van der Waals surface area (Å²) in [6.45, 7) is -0.358. The van der Waals surface area contributed by atoms with Crippen molar-refractivity contribution < 1.29 is 27.5 Å². The van der Waals surface area contributed by atoms with Gasteiger partial charge in [0, 0.05) is 5.69 Å². The van der Waals surface area contributed by atoms with E-state index in [1.54, 1.807) is 30.3 Å². The Morgan fingerprint density at radius 3 is 2.39 bits per heavy atom. The molecule has 0 radical (unpaired) electrons. The van der Waals surface area contributed by atoms with Gasteiger partial charge in [0.2, 0.25) is 0 Å². The number of nitriles is 1. The first kappa shape index (κ1) is 26.6. The average Bonchev–Trinajstić information content (AvgIpc) is 2.83. The van der Waals surface area contributed by atoms with Gasteiger partial charge in [-0.25, -0.2) is 0 Å². The fourth-order valence-corrected chi connectivity index (χ4v) is 3.33. The number of carbonyl (C=O) groups is 2. The zero-order valence-corrected chi connectivity index (χ0v) is 19.7. The Morgan fingerprint density at radius 1 is 0.972 bits per heavy atom. The van der Waals surface area contributed by atoms with E-state index in [1.807, 2.05) is 0 Å². The molecular weight excluding hydrogens is 518 g/mol. The van der Waals surface area contributed by atoms with Crippen LogP contribution >= 0.6 is 23.2 Å². The lowest BCUT2D eigenvalue weighted by Gasteiger charge is -2.10. The third kappa shape index (κ3) is 7.25. The van der Waals surface area contributed by atoms with Gasteiger partial charge < -0.3 is 15.4 Å². The summed E-state index contributed by atoms with van der Waals surface area (Å²) < 4.78 is 44.0. The van der Waals surface area contributed by atoms with Gasteiger partial charge in [-0.05, 0) is 54.1 Å². The molecule has 3 rings (SSSR count). The molecule has 2 N–H and O–H groups in total. The van der Waals surface area contributed by atoms with Crippen molar-refractivity contribution >= 4 is 52.5 Å². The summed E-state index contributed by atoms with van der Waals surface area (Å²) in [5, 5.41) is 14.7. The number of carbonyl (C=O) groups excluding carboxylic acids is 2. The minimum absolute atomic E-state index is 0.102. The maximum absolute atomic E-state index is 12.9. The number of alkyl halides is 3. The molecule has 0 unspecified atom stereocenters. The van der Waals surface area contributed by atoms with E-state index >= 15 is 0 Å². The Kier molecular flexibility index (Phi) is 8.59. The molecule has 0 aliphatic carbocycles. The third-order valence-corrected chi connectivity index (χ3v) is 5.21. The zero-order valence-electron chi connectivity index (χ0n) is 18.2. The molecule has 3 aromatic rings. The van der Waals surface area contributed by atoms with Crippen LogP contribution in [0.15, 0.2) is 72.3 Å². The van der Waals surface area contributed by atoms with Gasteiger partial charge >= 0.3 is 6.18 Å². The Hall–Kier alpha value is -4.00. The Morgan fingerprint density at radius 2 is 1.72 bits per heavy atom. The summed E-state index contributed by atoms with van der Waals surface area (Å²) in [5.74, 6) is -1.19. The van der Waals surface area contributed by atoms with Gasteiger partial charge in [0.1, 0.15) is 17.4 Å². The Labute approximate surface area is 213 Å². The van der Waals surface area contributed by atoms with E-state index in [9.17, 15) is 28.0 Å². The van der Waals surface area contributed by atoms with Crippen LogP contribution in [0, 0.1) is 11.3 Å². The number of benzene rings is 3. The van der Waals surface area contributed by atoms with E-state index in [0.717, 1.165) is 18.2 Å². The van der Waals surface area contributed by atoms with Crippen molar-refractivity contribution in [3.8, 4) is 11.8 Å². The van der Waals surface area contributed by atoms with E-state index in [4.69, 9.17) is 27.9 Å². The summed E-state index contributed by atoms with van der Waals surface area (Å²) in [7, 11) is 0. The van der Waals surface area contributed by atoms with Gasteiger partial charge in [-0.1, -0.05) is 47.5 Å². The summed E-state index contributed by atoms with van der Waals surface area (Å²) in [4.78, 5) is 24.5. The molecule has 0 atom stereocenters. The van der Waals surface area contributed by atoms with Crippen molar-refractivity contribution in [2.45, 2.75) is 6.18 Å². The molecule has 6 nitrogen and oxygen atoms in total. The molecule has 0 fully saturated rings. The maximum atomic E-state index is 12.9. The molecular formula is C25H16Cl2F3N3O3. The fraction of sp³-hybridized carbons (Fsp3) is 0.0800. The number of nitrogens with zero attached hydrogens (tertiary/aromatic N) is 1. The average molecular weight is 534 g/mol. The summed E-state index contributed by atoms with van der Waals surface area (Å²) in [5.41, 5.74) is -0.648. The predicted octanol–water partition coefficient (Wildman–Crippen LogP) is 6.58. The number of hydrogen-bond acceptors (Lipinski definition) is 4. The highest BCUT2D eigenvalue weighted by molar-refractivity contribution is 6.33. The van der Waals surface area contributed by atoms with Crippen molar-refractivity contribution in [2.24, 2.45) is 0 Å². The van der Waals surface area contributed by atoms with Crippen molar-refractivity contribution in [2.75, 3.05) is 17.2 Å². The van der Waals surface area contributed by atoms with Crippen molar-refractivity contribution in [1.82, 2.24) is 0 Å². The maximum Gasteiger partial charge on any atom is 0.416 e. The SMILES string of the molecule is N#C/C(=C\c1ccc(OCC(=O)Nc2ccccc2Cl)c(Cl)c1)C(=O)Nc1cccc(C(F)(F)F)c1. The van der Waals surface area contributed by atoms with Gasteiger partial charge in [0.15, 0.2) is 6.61 Å². The monoisotopic (exact) mass is 533 g/mol. The minimum Gasteiger partial charge on any atom is -0.482 e. The second-order valence-corrected chi connectivity index (χ2v) is 8.02. The number of halogens is 5. The number of rotatable bonds is 7. The highest BCUT2D eigenvalue weighted by atomic mass is 35.5. The van der Waals surface area contributed by atoms with Crippen LogP contribution in [0.3, 0.4) is 0 Å². The van der Waals surface area contributed by atoms with Gasteiger partial charge in [-0.15, -0.1) is 0 Å². The highest BCUT2D eigenvalue weighted by Crippen LogP contribution is 2.31. The zero-order chi connectivity index (χ0) is 26.3. The lowest BCUT2D eigenvalue weighted by Crippen LogP contribution is -2.20. The summed E-state index contributed by atoms with van der Waals surface area (Å²) in [6.07, 6.45) is -3.37. The molecule has 0 aliphatic rings. The summed E-state index contributed by atoms with van der Waals surface area (Å²) >= 11 is 12.2. The van der Waals surface area contributed by atoms with Crippen LogP contribution in [0.4, 0.5) is 24.5 Å². The standard InChI is InChI=1S/C25H16Cl2F3N3O3/c26-19-6-1-2-7-21(19)33-23(34)14-36-22-9-8-15(11-20(22)27)10-16(13-31)24(35)32-18-5-3-4-17(12-18)25(28,29)30/h1-12H,14H2,(H,32,35)(H,33,34)/b16-10+. The first-order valence-corrected chi connectivity index (χ1v) is 10.9. The number of hydrogen-bond donors (Lipinski definition) is 2. The van der Waals surface area contributed by atoms with E-state index < -0.39 is 23.6 Å². The van der Waals surface area contributed by atoms with E-state index in [-0.39, 0.29) is 28.6 Å². The lowest BCUT2D eigenvalue weighted by molar-refractivity contribution is -0.137. The molecule has 36 heavy (non-hydrogen) atoms. The Balaban J connectivity index is 1.66. The van der Waals surface area contributed by atoms with Gasteiger partial charge in [-0.3, -0.25) is 9.59 Å². The molecule has 0 bridgehead atoms. The van der Waals surface area contributed by atoms with E-state index in [1.165, 1.54) is 30.3 Å². The molecule has 11 heteroatoms. The number of anilines is 2. The first-order chi connectivity index (χ1) is 17.1. The molecule has 0 saturated heterocycles.